The minimum atomic E-state index is -2.92. The van der Waals surface area contributed by atoms with Crippen LogP contribution in [0.2, 0.25) is 5.04 Å². The number of hydrogen-bond donors (Lipinski definition) is 2. The van der Waals surface area contributed by atoms with Gasteiger partial charge in [-0.05, 0) is 27.5 Å². The topological polar surface area (TPSA) is 121 Å². The highest BCUT2D eigenvalue weighted by molar-refractivity contribution is 8.77. The van der Waals surface area contributed by atoms with E-state index in [2.05, 4.69) is 118 Å². The Hall–Kier alpha value is -4.16. The van der Waals surface area contributed by atoms with Gasteiger partial charge in [-0.2, -0.15) is 4.98 Å². The number of anilines is 1. The number of nitrogens with zero attached hydrogens (tertiary/aromatic N) is 2. The van der Waals surface area contributed by atoms with Crippen LogP contribution in [0.5, 0.6) is 0 Å². The molecule has 1 unspecified atom stereocenters. The number of ether oxygens (including phenoxy) is 2. The fraction of sp³-hybridized carbons (Fsp3) is 0.381. The molecule has 2 amide bonds. The molecule has 1 aromatic heterocycles. The lowest BCUT2D eigenvalue weighted by Crippen LogP contribution is -2.67. The van der Waals surface area contributed by atoms with Crippen LogP contribution in [-0.4, -0.2) is 65.7 Å². The van der Waals surface area contributed by atoms with Crippen LogP contribution in [0.3, 0.4) is 0 Å². The van der Waals surface area contributed by atoms with Crippen LogP contribution in [0.25, 0.3) is 0 Å². The maximum atomic E-state index is 13.8. The third-order valence-corrected chi connectivity index (χ3v) is 16.9. The third kappa shape index (κ3) is 11.0. The second kappa shape index (κ2) is 18.6. The van der Waals surface area contributed by atoms with Crippen molar-refractivity contribution in [2.75, 3.05) is 24.4 Å². The number of rotatable bonds is 13. The summed E-state index contributed by atoms with van der Waals surface area (Å²) in [6.07, 6.45) is 0.216. The van der Waals surface area contributed by atoms with Gasteiger partial charge >= 0.3 is 5.69 Å². The maximum Gasteiger partial charge on any atom is 0.351 e. The summed E-state index contributed by atoms with van der Waals surface area (Å²) >= 11 is 0. The summed E-state index contributed by atoms with van der Waals surface area (Å²) in [6, 6.07) is 29.5. The van der Waals surface area contributed by atoms with Crippen molar-refractivity contribution in [3.8, 4) is 11.8 Å². The van der Waals surface area contributed by atoms with Gasteiger partial charge in [-0.3, -0.25) is 14.2 Å². The van der Waals surface area contributed by atoms with Crippen LogP contribution in [0.4, 0.5) is 5.82 Å². The highest BCUT2D eigenvalue weighted by Crippen LogP contribution is 2.40. The van der Waals surface area contributed by atoms with E-state index in [4.69, 9.17) is 13.9 Å². The summed E-state index contributed by atoms with van der Waals surface area (Å²) in [7, 11) is 0.444. The van der Waals surface area contributed by atoms with Crippen LogP contribution < -0.4 is 26.7 Å². The molecule has 1 saturated heterocycles. The monoisotopic (exact) mass is 798 g/mol. The molecule has 0 saturated carbocycles. The van der Waals surface area contributed by atoms with Crippen molar-refractivity contribution >= 4 is 57.9 Å². The molecule has 1 aliphatic heterocycles. The average Bonchev–Trinajstić information content (AvgIpc) is 3.55. The van der Waals surface area contributed by atoms with E-state index in [1.807, 2.05) is 18.2 Å². The quantitative estimate of drug-likeness (QED) is 0.0523. The fourth-order valence-electron chi connectivity index (χ4n) is 6.42. The zero-order valence-electron chi connectivity index (χ0n) is 32.5. The molecule has 13 heteroatoms. The molecule has 2 heterocycles. The number of hydrogen-bond acceptors (Lipinski definition) is 9. The number of nitrogens with one attached hydrogen (secondary N) is 2. The molecule has 2 N–H and O–H groups in total. The van der Waals surface area contributed by atoms with E-state index in [-0.39, 0.29) is 34.7 Å². The van der Waals surface area contributed by atoms with E-state index >= 15 is 0 Å². The lowest BCUT2D eigenvalue weighted by atomic mass is 10.2. The van der Waals surface area contributed by atoms with E-state index < -0.39 is 38.4 Å². The summed E-state index contributed by atoms with van der Waals surface area (Å²) < 4.78 is 21.9. The largest absolute Gasteiger partial charge is 0.405 e. The molecular weight excluding hydrogens is 749 g/mol. The molecule has 290 valence electrons. The Morgan fingerprint density at radius 2 is 1.55 bits per heavy atom. The molecule has 0 bridgehead atoms. The van der Waals surface area contributed by atoms with Gasteiger partial charge in [0.1, 0.15) is 18.3 Å². The first-order valence-corrected chi connectivity index (χ1v) is 22.5. The minimum Gasteiger partial charge on any atom is -0.405 e. The summed E-state index contributed by atoms with van der Waals surface area (Å²) in [6.45, 7) is 14.8. The highest BCUT2D eigenvalue weighted by atomic mass is 33.1. The number of aromatic nitrogens is 2. The van der Waals surface area contributed by atoms with E-state index in [1.165, 1.54) is 11.5 Å². The Kier molecular flexibility index (Phi) is 14.2. The van der Waals surface area contributed by atoms with Gasteiger partial charge < -0.3 is 24.5 Å². The number of carbonyl (C=O) groups excluding carboxylic acids is 2. The molecule has 1 fully saturated rings. The summed E-state index contributed by atoms with van der Waals surface area (Å²) in [5, 5.41) is 7.43. The van der Waals surface area contributed by atoms with Gasteiger partial charge in [-0.25, -0.2) is 4.79 Å². The van der Waals surface area contributed by atoms with Crippen molar-refractivity contribution in [2.45, 2.75) is 83.1 Å². The maximum absolute atomic E-state index is 13.8. The predicted molar refractivity (Wildman–Crippen MR) is 225 cm³/mol. The molecule has 4 aromatic rings. The summed E-state index contributed by atoms with van der Waals surface area (Å²) in [4.78, 5) is 42.7. The van der Waals surface area contributed by atoms with E-state index in [0.717, 1.165) is 10.4 Å². The molecule has 10 nitrogen and oxygen atoms in total. The van der Waals surface area contributed by atoms with Gasteiger partial charge in [0.2, 0.25) is 5.91 Å². The first-order valence-electron chi connectivity index (χ1n) is 18.2. The molecule has 0 radical (unpaired) electrons. The van der Waals surface area contributed by atoms with Crippen molar-refractivity contribution in [3.05, 3.63) is 119 Å². The van der Waals surface area contributed by atoms with Crippen LogP contribution in [0, 0.1) is 11.8 Å². The van der Waals surface area contributed by atoms with E-state index in [9.17, 15) is 14.4 Å². The van der Waals surface area contributed by atoms with Crippen LogP contribution >= 0.6 is 21.6 Å². The second-order valence-electron chi connectivity index (χ2n) is 15.2. The SMILES string of the molecule is CC(=O)NCC#Cc1cn([C@H]2CC(OCSSC(C)(C)C)[C@@H](CO[Si](c3ccccc3)(c3ccccc3)C(C)(C)C)O2)c(=O)nc1NC(=O)c1ccccc1. The van der Waals surface area contributed by atoms with Crippen molar-refractivity contribution in [1.82, 2.24) is 14.9 Å². The van der Waals surface area contributed by atoms with Gasteiger partial charge in [0, 0.05) is 29.9 Å². The van der Waals surface area contributed by atoms with Gasteiger partial charge in [0.15, 0.2) is 5.82 Å². The highest BCUT2D eigenvalue weighted by Gasteiger charge is 2.51. The molecule has 3 atom stereocenters. The molecule has 5 rings (SSSR count). The van der Waals surface area contributed by atoms with Gasteiger partial charge in [0.25, 0.3) is 14.2 Å². The first kappa shape index (κ1) is 42.0. The van der Waals surface area contributed by atoms with Gasteiger partial charge in [0.05, 0.1) is 24.8 Å². The van der Waals surface area contributed by atoms with Crippen molar-refractivity contribution in [1.29, 1.82) is 0 Å². The predicted octanol–water partition coefficient (Wildman–Crippen LogP) is 6.37. The molecule has 0 spiro atoms. The summed E-state index contributed by atoms with van der Waals surface area (Å²) in [5.74, 6) is 5.63. The van der Waals surface area contributed by atoms with Crippen molar-refractivity contribution in [2.24, 2.45) is 0 Å². The van der Waals surface area contributed by atoms with Crippen molar-refractivity contribution in [3.63, 3.8) is 0 Å². The smallest absolute Gasteiger partial charge is 0.351 e. The van der Waals surface area contributed by atoms with Crippen LogP contribution in [0.1, 0.15) is 77.0 Å². The second-order valence-corrected chi connectivity index (χ2v) is 22.6. The lowest BCUT2D eigenvalue weighted by molar-refractivity contribution is -0.118. The minimum absolute atomic E-state index is 0.0124. The number of carbonyl (C=O) groups is 2. The van der Waals surface area contributed by atoms with Gasteiger partial charge in [-0.15, -0.1) is 0 Å². The number of benzene rings is 3. The first-order chi connectivity index (χ1) is 26.2. The zero-order valence-corrected chi connectivity index (χ0v) is 35.1. The molecule has 55 heavy (non-hydrogen) atoms. The van der Waals surface area contributed by atoms with Gasteiger partial charge in [-0.1, -0.05) is 154 Å². The average molecular weight is 799 g/mol. The molecule has 1 aliphatic rings. The van der Waals surface area contributed by atoms with Crippen LogP contribution in [-0.2, 0) is 18.7 Å². The Labute approximate surface area is 333 Å². The third-order valence-electron chi connectivity index (χ3n) is 8.88. The summed E-state index contributed by atoms with van der Waals surface area (Å²) in [5.41, 5.74) is 0.0705. The normalized spacial score (nSPS) is 17.3. The van der Waals surface area contributed by atoms with E-state index in [1.54, 1.807) is 52.1 Å². The lowest BCUT2D eigenvalue weighted by Gasteiger charge is -2.43. The number of amides is 2. The Morgan fingerprint density at radius 3 is 2.11 bits per heavy atom. The van der Waals surface area contributed by atoms with Crippen LogP contribution in [0.15, 0.2) is 102 Å². The molecule has 3 aromatic carbocycles. The molecular formula is C42H50N4O6S2Si. The standard InChI is InChI=1S/C42H50N4O6S2Si/c1-30(47)43-25-17-20-32-27-46(40(49)45-38(32)44-39(48)31-18-11-8-12-19-31)37-26-35(50-29-53-54-41(2,3)4)36(52-37)28-51-55(42(5,6)7,33-21-13-9-14-22-33)34-23-15-10-16-24-34/h8-16,18-19,21-24,27,35-37H,25-26,28-29H2,1-7H3,(H,43,47)(H,44,45,48,49)/t35?,36-,37-/m1/s1. The fourth-order valence-corrected chi connectivity index (χ4v) is 13.0. The Balaban J connectivity index is 1.49. The molecule has 0 aliphatic carbocycles. The van der Waals surface area contributed by atoms with Crippen molar-refractivity contribution < 1.29 is 23.5 Å². The van der Waals surface area contributed by atoms with E-state index in [0.29, 0.717) is 23.5 Å². The Bertz CT molecular complexity index is 1990. The zero-order chi connectivity index (χ0) is 39.6. The Morgan fingerprint density at radius 1 is 0.945 bits per heavy atom.